The van der Waals surface area contributed by atoms with E-state index < -0.39 is 10.1 Å². The molecule has 0 aromatic heterocycles. The van der Waals surface area contributed by atoms with Gasteiger partial charge in [0, 0.05) is 6.07 Å². The number of hydrogen-bond acceptors (Lipinski definition) is 5. The van der Waals surface area contributed by atoms with Crippen molar-refractivity contribution in [2.75, 3.05) is 14.2 Å². The Balaban J connectivity index is 2.51. The van der Waals surface area contributed by atoms with Crippen LogP contribution in [-0.4, -0.2) is 22.6 Å². The fourth-order valence-electron chi connectivity index (χ4n) is 3.33. The van der Waals surface area contributed by atoms with Crippen molar-refractivity contribution in [1.29, 1.82) is 0 Å². The summed E-state index contributed by atoms with van der Waals surface area (Å²) < 4.78 is 42.8. The van der Waals surface area contributed by atoms with E-state index in [-0.39, 0.29) is 18.4 Å². The molecule has 0 heterocycles. The molecule has 0 atom stereocenters. The summed E-state index contributed by atoms with van der Waals surface area (Å²) in [6.45, 7) is 12.2. The number of benzene rings is 2. The van der Waals surface area contributed by atoms with Crippen LogP contribution in [-0.2, 0) is 20.9 Å². The van der Waals surface area contributed by atoms with Crippen molar-refractivity contribution >= 4 is 10.1 Å². The summed E-state index contributed by atoms with van der Waals surface area (Å²) in [6.07, 6.45) is 0. The lowest BCUT2D eigenvalue weighted by atomic mass is 9.89. The van der Waals surface area contributed by atoms with Gasteiger partial charge in [-0.25, -0.2) is 0 Å². The second-order valence-electron chi connectivity index (χ2n) is 8.43. The third-order valence-corrected chi connectivity index (χ3v) is 6.52. The van der Waals surface area contributed by atoms with E-state index >= 15 is 0 Å². The Morgan fingerprint density at radius 3 is 1.57 bits per heavy atom. The normalized spacial score (nSPS) is 12.1. The topological polar surface area (TPSA) is 61.8 Å². The Bertz CT molecular complexity index is 924. The maximum Gasteiger partial charge on any atom is 0.297 e. The van der Waals surface area contributed by atoms with Crippen LogP contribution in [0.25, 0.3) is 0 Å². The van der Waals surface area contributed by atoms with Gasteiger partial charge in [0.05, 0.1) is 20.8 Å². The van der Waals surface area contributed by atoms with Gasteiger partial charge in [-0.1, -0.05) is 53.7 Å². The molecule has 0 saturated carbocycles. The minimum atomic E-state index is -3.97. The van der Waals surface area contributed by atoms with E-state index in [0.29, 0.717) is 27.9 Å². The molecule has 0 spiro atoms. The highest BCUT2D eigenvalue weighted by Gasteiger charge is 2.28. The maximum atomic E-state index is 13.4. The fraction of sp³-hybridized carbons (Fsp3) is 0.500. The second-order valence-corrected chi connectivity index (χ2v) is 9.98. The molecule has 0 amide bonds. The molecule has 30 heavy (non-hydrogen) atoms. The molecule has 166 valence electrons. The van der Waals surface area contributed by atoms with Crippen LogP contribution >= 0.6 is 0 Å². The average Bonchev–Trinajstić information content (AvgIpc) is 2.70. The first-order valence-corrected chi connectivity index (χ1v) is 11.7. The zero-order valence-electron chi connectivity index (χ0n) is 19.3. The minimum Gasteiger partial charge on any atom is -0.497 e. The van der Waals surface area contributed by atoms with E-state index in [2.05, 4.69) is 13.8 Å². The Hall–Kier alpha value is -2.05. The summed E-state index contributed by atoms with van der Waals surface area (Å²) in [5.74, 6) is 1.56. The van der Waals surface area contributed by atoms with E-state index in [1.165, 1.54) is 0 Å². The SMILES string of the molecule is COc1cc(COS(=O)(=O)c2c(C(C)C)cc(C(C)C)cc2C(C)C)cc(OC)c1. The van der Waals surface area contributed by atoms with E-state index in [1.54, 1.807) is 32.4 Å². The van der Waals surface area contributed by atoms with Crippen molar-refractivity contribution < 1.29 is 22.1 Å². The van der Waals surface area contributed by atoms with Gasteiger partial charge in [-0.15, -0.1) is 0 Å². The predicted octanol–water partition coefficient (Wildman–Crippen LogP) is 5.98. The fourth-order valence-corrected chi connectivity index (χ4v) is 4.91. The summed E-state index contributed by atoms with van der Waals surface area (Å²) in [7, 11) is -0.869. The molecule has 6 heteroatoms. The van der Waals surface area contributed by atoms with Gasteiger partial charge in [0.25, 0.3) is 10.1 Å². The first-order chi connectivity index (χ1) is 14.0. The Morgan fingerprint density at radius 2 is 1.20 bits per heavy atom. The quantitative estimate of drug-likeness (QED) is 0.454. The third-order valence-electron chi connectivity index (χ3n) is 5.12. The highest BCUT2D eigenvalue weighted by molar-refractivity contribution is 7.86. The number of hydrogen-bond donors (Lipinski definition) is 0. The Kier molecular flexibility index (Phi) is 7.94. The van der Waals surface area contributed by atoms with Crippen LogP contribution < -0.4 is 9.47 Å². The van der Waals surface area contributed by atoms with Gasteiger partial charge in [-0.2, -0.15) is 8.42 Å². The van der Waals surface area contributed by atoms with Crippen LogP contribution in [0, 0.1) is 0 Å². The Morgan fingerprint density at radius 1 is 0.733 bits per heavy atom. The molecule has 0 radical (unpaired) electrons. The summed E-state index contributed by atoms with van der Waals surface area (Å²) in [4.78, 5) is 0.298. The summed E-state index contributed by atoms with van der Waals surface area (Å²) in [6, 6.07) is 9.23. The Labute approximate surface area is 181 Å². The van der Waals surface area contributed by atoms with Crippen LogP contribution in [0.5, 0.6) is 11.5 Å². The van der Waals surface area contributed by atoms with Crippen LogP contribution in [0.3, 0.4) is 0 Å². The first kappa shape index (κ1) is 24.2. The van der Waals surface area contributed by atoms with Crippen LogP contribution in [0.2, 0.25) is 0 Å². The van der Waals surface area contributed by atoms with Crippen molar-refractivity contribution in [1.82, 2.24) is 0 Å². The predicted molar refractivity (Wildman–Crippen MR) is 120 cm³/mol. The van der Waals surface area contributed by atoms with Gasteiger partial charge in [0.1, 0.15) is 16.4 Å². The highest BCUT2D eigenvalue weighted by atomic mass is 32.2. The lowest BCUT2D eigenvalue weighted by Crippen LogP contribution is -2.15. The smallest absolute Gasteiger partial charge is 0.297 e. The van der Waals surface area contributed by atoms with Gasteiger partial charge in [0.15, 0.2) is 0 Å². The molecule has 0 bridgehead atoms. The molecule has 0 aliphatic rings. The molecule has 5 nitrogen and oxygen atoms in total. The molecule has 0 aliphatic carbocycles. The molecule has 2 aromatic rings. The number of ether oxygens (including phenoxy) is 2. The van der Waals surface area contributed by atoms with Gasteiger partial charge in [0.2, 0.25) is 0 Å². The summed E-state index contributed by atoms with van der Waals surface area (Å²) in [5.41, 5.74) is 3.39. The number of methoxy groups -OCH3 is 2. The van der Waals surface area contributed by atoms with Gasteiger partial charge in [-0.3, -0.25) is 4.18 Å². The molecule has 2 rings (SSSR count). The van der Waals surface area contributed by atoms with E-state index in [9.17, 15) is 8.42 Å². The van der Waals surface area contributed by atoms with Crippen molar-refractivity contribution in [3.63, 3.8) is 0 Å². The summed E-state index contributed by atoms with van der Waals surface area (Å²) in [5, 5.41) is 0. The molecular weight excluding hydrogens is 400 g/mol. The third kappa shape index (κ3) is 5.55. The van der Waals surface area contributed by atoms with Crippen molar-refractivity contribution in [3.05, 3.63) is 52.6 Å². The van der Waals surface area contributed by atoms with Crippen LogP contribution in [0.4, 0.5) is 0 Å². The number of rotatable bonds is 9. The largest absolute Gasteiger partial charge is 0.497 e. The summed E-state index contributed by atoms with van der Waals surface area (Å²) >= 11 is 0. The lowest BCUT2D eigenvalue weighted by Gasteiger charge is -2.22. The lowest BCUT2D eigenvalue weighted by molar-refractivity contribution is 0.304. The van der Waals surface area contributed by atoms with Crippen molar-refractivity contribution in [2.24, 2.45) is 0 Å². The molecule has 0 saturated heterocycles. The molecular formula is C24H34O5S. The standard InChI is InChI=1S/C24H34O5S/c1-15(2)19-11-22(16(3)4)24(23(12-19)17(5)6)30(25,26)29-14-18-9-20(27-7)13-21(10-18)28-8/h9-13,15-17H,14H2,1-8H3. The van der Waals surface area contributed by atoms with Crippen molar-refractivity contribution in [2.45, 2.75) is 70.8 Å². The molecule has 0 aliphatic heterocycles. The maximum absolute atomic E-state index is 13.4. The molecule has 0 fully saturated rings. The monoisotopic (exact) mass is 434 g/mol. The molecule has 2 aromatic carbocycles. The van der Waals surface area contributed by atoms with Gasteiger partial charge < -0.3 is 9.47 Å². The zero-order chi connectivity index (χ0) is 22.6. The van der Waals surface area contributed by atoms with E-state index in [1.807, 2.05) is 39.8 Å². The van der Waals surface area contributed by atoms with Crippen LogP contribution in [0.1, 0.15) is 81.5 Å². The van der Waals surface area contributed by atoms with Crippen LogP contribution in [0.15, 0.2) is 35.2 Å². The minimum absolute atomic E-state index is 0.0477. The molecule has 0 N–H and O–H groups in total. The van der Waals surface area contributed by atoms with Crippen molar-refractivity contribution in [3.8, 4) is 11.5 Å². The first-order valence-electron chi connectivity index (χ1n) is 10.3. The van der Waals surface area contributed by atoms with Gasteiger partial charge >= 0.3 is 0 Å². The molecule has 0 unspecified atom stereocenters. The average molecular weight is 435 g/mol. The van der Waals surface area contributed by atoms with E-state index in [0.717, 1.165) is 16.7 Å². The van der Waals surface area contributed by atoms with E-state index in [4.69, 9.17) is 13.7 Å². The zero-order valence-corrected chi connectivity index (χ0v) is 20.1. The van der Waals surface area contributed by atoms with Gasteiger partial charge in [-0.05, 0) is 52.1 Å². The second kappa shape index (κ2) is 9.84. The highest BCUT2D eigenvalue weighted by Crippen LogP contribution is 2.36.